The molecule has 2 heterocycles. The lowest BCUT2D eigenvalue weighted by Crippen LogP contribution is -2.34. The number of nitrogens with one attached hydrogen (secondary N) is 3. The first-order valence-corrected chi connectivity index (χ1v) is 11.5. The van der Waals surface area contributed by atoms with E-state index in [1.807, 2.05) is 25.1 Å². The van der Waals surface area contributed by atoms with E-state index in [4.69, 9.17) is 16.3 Å². The lowest BCUT2D eigenvalue weighted by molar-refractivity contribution is -0.123. The average molecular weight is 498 g/mol. The zero-order valence-electron chi connectivity index (χ0n) is 19.6. The van der Waals surface area contributed by atoms with Gasteiger partial charge in [0.1, 0.15) is 5.75 Å². The number of amides is 2. The second kappa shape index (κ2) is 12.6. The number of pyridine rings is 2. The summed E-state index contributed by atoms with van der Waals surface area (Å²) in [5, 5.41) is 5.93. The number of hydrogen-bond acceptors (Lipinski definition) is 6. The predicted molar refractivity (Wildman–Crippen MR) is 134 cm³/mol. The smallest absolute Gasteiger partial charge is 0.272 e. The number of aromatic nitrogens is 2. The topological polar surface area (TPSA) is 114 Å². The van der Waals surface area contributed by atoms with E-state index >= 15 is 0 Å². The van der Waals surface area contributed by atoms with Crippen molar-refractivity contribution in [3.63, 3.8) is 0 Å². The van der Waals surface area contributed by atoms with E-state index in [-0.39, 0.29) is 36.9 Å². The van der Waals surface area contributed by atoms with Crippen molar-refractivity contribution in [2.75, 3.05) is 18.6 Å². The fourth-order valence-corrected chi connectivity index (χ4v) is 3.51. The van der Waals surface area contributed by atoms with Crippen molar-refractivity contribution in [2.24, 2.45) is 0 Å². The molecule has 3 aromatic rings. The Morgan fingerprint density at radius 3 is 2.66 bits per heavy atom. The molecule has 3 rings (SSSR count). The molecule has 10 heteroatoms. The molecule has 3 N–H and O–H groups in total. The van der Waals surface area contributed by atoms with E-state index in [0.29, 0.717) is 35.0 Å². The third kappa shape index (κ3) is 7.58. The molecule has 0 atom stereocenters. The van der Waals surface area contributed by atoms with Crippen LogP contribution in [0.25, 0.3) is 0 Å². The van der Waals surface area contributed by atoms with Crippen molar-refractivity contribution in [1.82, 2.24) is 20.3 Å². The quantitative estimate of drug-likeness (QED) is 0.374. The molecule has 0 saturated carbocycles. The molecule has 2 amide bonds. The Labute approximate surface area is 208 Å². The molecule has 9 nitrogen and oxygen atoms in total. The molecule has 0 bridgehead atoms. The van der Waals surface area contributed by atoms with Crippen LogP contribution in [0.4, 0.5) is 0 Å². The molecule has 184 valence electrons. The van der Waals surface area contributed by atoms with Crippen molar-refractivity contribution in [2.45, 2.75) is 33.4 Å². The first kappa shape index (κ1) is 25.8. The number of benzene rings is 1. The highest BCUT2D eigenvalue weighted by Gasteiger charge is 2.14. The lowest BCUT2D eigenvalue weighted by Gasteiger charge is -2.14. The SMILES string of the molecule is CCNC(=O)COc1ccc(Cl)cc1CNC(=O)Cc1c(C)ccn(NCc2ccccn2)c1=O. The van der Waals surface area contributed by atoms with E-state index in [0.717, 1.165) is 11.3 Å². The number of rotatable bonds is 11. The van der Waals surface area contributed by atoms with Gasteiger partial charge in [0.15, 0.2) is 6.61 Å². The number of ether oxygens (including phenoxy) is 1. The van der Waals surface area contributed by atoms with Crippen LogP contribution in [0.3, 0.4) is 0 Å². The minimum atomic E-state index is -0.331. The summed E-state index contributed by atoms with van der Waals surface area (Å²) in [5.74, 6) is -0.134. The van der Waals surface area contributed by atoms with Crippen LogP contribution in [0.1, 0.15) is 29.3 Å². The average Bonchev–Trinajstić information content (AvgIpc) is 2.85. The van der Waals surface area contributed by atoms with Gasteiger partial charge < -0.3 is 20.8 Å². The standard InChI is InChI=1S/C25H28ClN5O4/c1-3-27-24(33)16-35-22-8-7-19(26)12-18(22)14-29-23(32)13-21-17(2)9-11-31(25(21)34)30-15-20-6-4-5-10-28-20/h4-12,30H,3,13-16H2,1-2H3,(H,27,33)(H,29,32). The van der Waals surface area contributed by atoms with Crippen molar-refractivity contribution in [3.8, 4) is 5.75 Å². The Balaban J connectivity index is 1.64. The van der Waals surface area contributed by atoms with Crippen molar-refractivity contribution in [1.29, 1.82) is 0 Å². The molecular weight excluding hydrogens is 470 g/mol. The van der Waals surface area contributed by atoms with Crippen molar-refractivity contribution < 1.29 is 14.3 Å². The third-order valence-corrected chi connectivity index (χ3v) is 5.39. The first-order chi connectivity index (χ1) is 16.9. The van der Waals surface area contributed by atoms with Crippen molar-refractivity contribution in [3.05, 3.63) is 92.6 Å². The monoisotopic (exact) mass is 497 g/mol. The van der Waals surface area contributed by atoms with Gasteiger partial charge in [0.05, 0.1) is 18.7 Å². The van der Waals surface area contributed by atoms with Crippen LogP contribution in [0.15, 0.2) is 59.7 Å². The zero-order valence-corrected chi connectivity index (χ0v) is 20.4. The van der Waals surface area contributed by atoms with Crippen LogP contribution in [-0.2, 0) is 29.1 Å². The summed E-state index contributed by atoms with van der Waals surface area (Å²) in [7, 11) is 0. The number of halogens is 1. The minimum Gasteiger partial charge on any atom is -0.483 e. The number of hydrogen-bond donors (Lipinski definition) is 3. The molecule has 0 radical (unpaired) electrons. The fraction of sp³-hybridized carbons (Fsp3) is 0.280. The molecule has 2 aromatic heterocycles. The predicted octanol–water partition coefficient (Wildman–Crippen LogP) is 2.32. The van der Waals surface area contributed by atoms with Gasteiger partial charge in [-0.25, -0.2) is 4.68 Å². The Hall–Kier alpha value is -3.85. The highest BCUT2D eigenvalue weighted by Crippen LogP contribution is 2.23. The summed E-state index contributed by atoms with van der Waals surface area (Å²) < 4.78 is 6.94. The molecular formula is C25H28ClN5O4. The Kier molecular flexibility index (Phi) is 9.25. The van der Waals surface area contributed by atoms with Gasteiger partial charge >= 0.3 is 0 Å². The van der Waals surface area contributed by atoms with Gasteiger partial charge in [-0.3, -0.25) is 19.4 Å². The van der Waals surface area contributed by atoms with E-state index in [2.05, 4.69) is 21.0 Å². The first-order valence-electron chi connectivity index (χ1n) is 11.2. The van der Waals surface area contributed by atoms with Crippen LogP contribution < -0.4 is 26.4 Å². The normalized spacial score (nSPS) is 10.5. The second-order valence-corrected chi connectivity index (χ2v) is 8.19. The van der Waals surface area contributed by atoms with Crippen molar-refractivity contribution >= 4 is 23.4 Å². The molecule has 0 saturated heterocycles. The summed E-state index contributed by atoms with van der Waals surface area (Å²) in [6.45, 7) is 4.46. The van der Waals surface area contributed by atoms with Crippen LogP contribution in [0.5, 0.6) is 5.75 Å². The molecule has 1 aromatic carbocycles. The van der Waals surface area contributed by atoms with Gasteiger partial charge in [-0.1, -0.05) is 17.7 Å². The largest absolute Gasteiger partial charge is 0.483 e. The molecule has 35 heavy (non-hydrogen) atoms. The maximum Gasteiger partial charge on any atom is 0.272 e. The minimum absolute atomic E-state index is 0.0908. The summed E-state index contributed by atoms with van der Waals surface area (Å²) in [4.78, 5) is 41.6. The van der Waals surface area contributed by atoms with Gasteiger partial charge in [-0.2, -0.15) is 0 Å². The summed E-state index contributed by atoms with van der Waals surface area (Å²) >= 11 is 6.10. The van der Waals surface area contributed by atoms with Gasteiger partial charge in [0, 0.05) is 41.6 Å². The molecule has 0 aliphatic rings. The van der Waals surface area contributed by atoms with E-state index < -0.39 is 0 Å². The van der Waals surface area contributed by atoms with Crippen LogP contribution in [0.2, 0.25) is 5.02 Å². The van der Waals surface area contributed by atoms with Gasteiger partial charge in [-0.05, 0) is 55.8 Å². The van der Waals surface area contributed by atoms with E-state index in [9.17, 15) is 14.4 Å². The third-order valence-electron chi connectivity index (χ3n) is 5.15. The number of carbonyl (C=O) groups is 2. The Morgan fingerprint density at radius 2 is 1.91 bits per heavy atom. The highest BCUT2D eigenvalue weighted by atomic mass is 35.5. The molecule has 0 aliphatic carbocycles. The van der Waals surface area contributed by atoms with Crippen LogP contribution in [-0.4, -0.2) is 34.6 Å². The van der Waals surface area contributed by atoms with Gasteiger partial charge in [-0.15, -0.1) is 0 Å². The Bertz CT molecular complexity index is 1230. The summed E-state index contributed by atoms with van der Waals surface area (Å²) in [6, 6.07) is 12.3. The molecule has 0 unspecified atom stereocenters. The number of carbonyl (C=O) groups excluding carboxylic acids is 2. The number of aryl methyl sites for hydroxylation is 1. The molecule has 0 fully saturated rings. The fourth-order valence-electron chi connectivity index (χ4n) is 3.31. The van der Waals surface area contributed by atoms with Crippen LogP contribution in [0, 0.1) is 6.92 Å². The lowest BCUT2D eigenvalue weighted by atomic mass is 10.1. The number of likely N-dealkylation sites (N-methyl/N-ethyl adjacent to an activating group) is 1. The second-order valence-electron chi connectivity index (χ2n) is 7.76. The number of nitrogens with zero attached hydrogens (tertiary/aromatic N) is 2. The zero-order chi connectivity index (χ0) is 25.2. The maximum atomic E-state index is 12.9. The van der Waals surface area contributed by atoms with Gasteiger partial charge in [0.25, 0.3) is 11.5 Å². The summed E-state index contributed by atoms with van der Waals surface area (Å²) in [6.07, 6.45) is 3.22. The van der Waals surface area contributed by atoms with E-state index in [1.165, 1.54) is 4.68 Å². The Morgan fingerprint density at radius 1 is 1.09 bits per heavy atom. The summed E-state index contributed by atoms with van der Waals surface area (Å²) in [5.41, 5.74) is 5.23. The van der Waals surface area contributed by atoms with E-state index in [1.54, 1.807) is 43.6 Å². The molecule has 0 spiro atoms. The maximum absolute atomic E-state index is 12.9. The molecule has 0 aliphatic heterocycles. The van der Waals surface area contributed by atoms with Gasteiger partial charge in [0.2, 0.25) is 5.91 Å². The highest BCUT2D eigenvalue weighted by molar-refractivity contribution is 6.30. The van der Waals surface area contributed by atoms with Crippen LogP contribution >= 0.6 is 11.6 Å².